The van der Waals surface area contributed by atoms with Gasteiger partial charge >= 0.3 is 0 Å². The Bertz CT molecular complexity index is 458. The van der Waals surface area contributed by atoms with Gasteiger partial charge in [0.15, 0.2) is 0 Å². The van der Waals surface area contributed by atoms with Crippen molar-refractivity contribution in [1.29, 1.82) is 0 Å². The van der Waals surface area contributed by atoms with Crippen LogP contribution in [0.3, 0.4) is 0 Å². The van der Waals surface area contributed by atoms with Crippen LogP contribution in [0.25, 0.3) is 0 Å². The molecule has 0 aromatic heterocycles. The highest BCUT2D eigenvalue weighted by molar-refractivity contribution is 7.99. The van der Waals surface area contributed by atoms with Crippen LogP contribution in [0, 0.1) is 0 Å². The molecular weight excluding hydrogens is 244 g/mol. The van der Waals surface area contributed by atoms with Gasteiger partial charge in [-0.05, 0) is 17.7 Å². The first-order chi connectivity index (χ1) is 8.81. The normalized spacial score (nSPS) is 14.1. The summed E-state index contributed by atoms with van der Waals surface area (Å²) in [6.45, 7) is 0. The molecule has 2 nitrogen and oxygen atoms in total. The second kappa shape index (κ2) is 6.59. The van der Waals surface area contributed by atoms with Gasteiger partial charge in [0.05, 0.1) is 0 Å². The Morgan fingerprint density at radius 3 is 2.06 bits per heavy atom. The first kappa shape index (κ1) is 13.1. The lowest BCUT2D eigenvalue weighted by Crippen LogP contribution is -2.17. The molecule has 0 spiro atoms. The van der Waals surface area contributed by atoms with E-state index in [2.05, 4.69) is 0 Å². The van der Waals surface area contributed by atoms with Crippen LogP contribution in [0.4, 0.5) is 0 Å². The average molecular weight is 260 g/mol. The van der Waals surface area contributed by atoms with Crippen LogP contribution >= 0.6 is 11.8 Å². The monoisotopic (exact) mass is 260 g/mol. The van der Waals surface area contributed by atoms with Crippen molar-refractivity contribution in [2.24, 2.45) is 0 Å². The minimum atomic E-state index is -0.638. The summed E-state index contributed by atoms with van der Waals surface area (Å²) < 4.78 is 5.38. The van der Waals surface area contributed by atoms with E-state index in [9.17, 15) is 5.11 Å². The van der Waals surface area contributed by atoms with E-state index in [-0.39, 0.29) is 5.44 Å². The maximum absolute atomic E-state index is 10.3. The molecular formula is C15H16O2S. The second-order valence-corrected chi connectivity index (χ2v) is 5.06. The molecule has 2 atom stereocenters. The fraction of sp³-hybridized carbons (Fsp3) is 0.200. The Hall–Kier alpha value is -1.29. The molecule has 1 N–H and O–H groups in total. The predicted octanol–water partition coefficient (Wildman–Crippen LogP) is 3.48. The highest BCUT2D eigenvalue weighted by atomic mass is 32.2. The third-order valence-electron chi connectivity index (χ3n) is 2.63. The van der Waals surface area contributed by atoms with E-state index in [4.69, 9.17) is 4.74 Å². The van der Waals surface area contributed by atoms with Gasteiger partial charge in [-0.1, -0.05) is 60.3 Å². The van der Waals surface area contributed by atoms with E-state index in [1.807, 2.05) is 60.7 Å². The lowest BCUT2D eigenvalue weighted by Gasteiger charge is -2.21. The van der Waals surface area contributed by atoms with E-state index in [1.54, 1.807) is 7.11 Å². The number of aliphatic hydroxyl groups is 1. The van der Waals surface area contributed by atoms with Gasteiger partial charge in [-0.2, -0.15) is 0 Å². The third kappa shape index (κ3) is 3.35. The van der Waals surface area contributed by atoms with Crippen LogP contribution in [0.15, 0.2) is 65.6 Å². The molecule has 2 rings (SSSR count). The van der Waals surface area contributed by atoms with E-state index in [1.165, 1.54) is 11.8 Å². The number of hydrogen-bond acceptors (Lipinski definition) is 3. The van der Waals surface area contributed by atoms with Gasteiger partial charge in [0.2, 0.25) is 0 Å². The summed E-state index contributed by atoms with van der Waals surface area (Å²) >= 11 is 1.52. The first-order valence-corrected chi connectivity index (χ1v) is 6.67. The Kier molecular flexibility index (Phi) is 4.81. The molecule has 0 radical (unpaired) electrons. The molecule has 0 aliphatic carbocycles. The van der Waals surface area contributed by atoms with Crippen molar-refractivity contribution in [3.63, 3.8) is 0 Å². The van der Waals surface area contributed by atoms with Crippen LogP contribution in [0.2, 0.25) is 0 Å². The number of thioether (sulfide) groups is 1. The first-order valence-electron chi connectivity index (χ1n) is 5.79. The molecule has 0 saturated heterocycles. The minimum absolute atomic E-state index is 0.310. The van der Waals surface area contributed by atoms with E-state index in [0.717, 1.165) is 10.5 Å². The molecule has 18 heavy (non-hydrogen) atoms. The van der Waals surface area contributed by atoms with Crippen LogP contribution in [0.1, 0.15) is 11.7 Å². The van der Waals surface area contributed by atoms with Crippen molar-refractivity contribution in [1.82, 2.24) is 0 Å². The largest absolute Gasteiger partial charge is 0.385 e. The fourth-order valence-electron chi connectivity index (χ4n) is 1.68. The van der Waals surface area contributed by atoms with Crippen molar-refractivity contribution in [2.75, 3.05) is 7.11 Å². The number of benzene rings is 2. The molecule has 0 bridgehead atoms. The summed E-state index contributed by atoms with van der Waals surface area (Å²) in [6.07, 6.45) is -0.638. The molecule has 0 aliphatic rings. The highest BCUT2D eigenvalue weighted by Crippen LogP contribution is 2.32. The van der Waals surface area contributed by atoms with Gasteiger partial charge in [0, 0.05) is 12.0 Å². The Balaban J connectivity index is 2.09. The molecule has 2 unspecified atom stereocenters. The number of ether oxygens (including phenoxy) is 1. The SMILES string of the molecule is COC(Sc1ccccc1)C(O)c1ccccc1. The summed E-state index contributed by atoms with van der Waals surface area (Å²) in [6, 6.07) is 19.5. The molecule has 2 aromatic carbocycles. The fourth-order valence-corrected chi connectivity index (χ4v) is 2.65. The van der Waals surface area contributed by atoms with Gasteiger partial charge < -0.3 is 9.84 Å². The van der Waals surface area contributed by atoms with Gasteiger partial charge in [-0.15, -0.1) is 0 Å². The van der Waals surface area contributed by atoms with Gasteiger partial charge in [0.1, 0.15) is 11.5 Å². The van der Waals surface area contributed by atoms with Crippen LogP contribution in [0.5, 0.6) is 0 Å². The average Bonchev–Trinajstić information content (AvgIpc) is 2.46. The van der Waals surface area contributed by atoms with E-state index < -0.39 is 6.10 Å². The van der Waals surface area contributed by atoms with Crippen LogP contribution in [-0.4, -0.2) is 17.7 Å². The standard InChI is InChI=1S/C15H16O2S/c1-17-15(18-13-10-6-3-7-11-13)14(16)12-8-4-2-5-9-12/h2-11,14-16H,1H3. The van der Waals surface area contributed by atoms with Crippen molar-refractivity contribution in [3.05, 3.63) is 66.2 Å². The van der Waals surface area contributed by atoms with Crippen molar-refractivity contribution in [3.8, 4) is 0 Å². The smallest absolute Gasteiger partial charge is 0.137 e. The quantitative estimate of drug-likeness (QED) is 0.659. The van der Waals surface area contributed by atoms with E-state index in [0.29, 0.717) is 0 Å². The summed E-state index contributed by atoms with van der Waals surface area (Å²) in [5, 5.41) is 10.3. The second-order valence-electron chi connectivity index (χ2n) is 3.89. The number of aliphatic hydroxyl groups excluding tert-OH is 1. The van der Waals surface area contributed by atoms with Gasteiger partial charge in [-0.25, -0.2) is 0 Å². The highest BCUT2D eigenvalue weighted by Gasteiger charge is 2.21. The minimum Gasteiger partial charge on any atom is -0.385 e. The molecule has 0 aliphatic heterocycles. The lowest BCUT2D eigenvalue weighted by atomic mass is 10.1. The maximum atomic E-state index is 10.3. The number of rotatable bonds is 5. The molecule has 3 heteroatoms. The Morgan fingerprint density at radius 2 is 1.50 bits per heavy atom. The summed E-state index contributed by atoms with van der Waals surface area (Å²) in [5.74, 6) is 0. The molecule has 0 fully saturated rings. The topological polar surface area (TPSA) is 29.5 Å². The number of methoxy groups -OCH3 is 1. The van der Waals surface area contributed by atoms with E-state index >= 15 is 0 Å². The zero-order chi connectivity index (χ0) is 12.8. The Morgan fingerprint density at radius 1 is 0.944 bits per heavy atom. The van der Waals surface area contributed by atoms with Crippen molar-refractivity contribution in [2.45, 2.75) is 16.4 Å². The van der Waals surface area contributed by atoms with Gasteiger partial charge in [0.25, 0.3) is 0 Å². The molecule has 0 heterocycles. The Labute approximate surface area is 112 Å². The molecule has 2 aromatic rings. The zero-order valence-corrected chi connectivity index (χ0v) is 11.0. The molecule has 0 amide bonds. The lowest BCUT2D eigenvalue weighted by molar-refractivity contribution is 0.0413. The van der Waals surface area contributed by atoms with Gasteiger partial charge in [-0.3, -0.25) is 0 Å². The molecule has 0 saturated carbocycles. The summed E-state index contributed by atoms with van der Waals surface area (Å²) in [5.41, 5.74) is 0.558. The number of hydrogen-bond donors (Lipinski definition) is 1. The molecule has 94 valence electrons. The summed E-state index contributed by atoms with van der Waals surface area (Å²) in [4.78, 5) is 1.08. The predicted molar refractivity (Wildman–Crippen MR) is 74.5 cm³/mol. The third-order valence-corrected chi connectivity index (χ3v) is 3.85. The van der Waals surface area contributed by atoms with Crippen LogP contribution < -0.4 is 0 Å². The van der Waals surface area contributed by atoms with Crippen LogP contribution in [-0.2, 0) is 4.74 Å². The zero-order valence-electron chi connectivity index (χ0n) is 10.2. The summed E-state index contributed by atoms with van der Waals surface area (Å²) in [7, 11) is 1.62. The van der Waals surface area contributed by atoms with Crippen molar-refractivity contribution < 1.29 is 9.84 Å². The van der Waals surface area contributed by atoms with Crippen molar-refractivity contribution >= 4 is 11.8 Å². The maximum Gasteiger partial charge on any atom is 0.137 e.